The Hall–Kier alpha value is -0.910. The van der Waals surface area contributed by atoms with Crippen LogP contribution in [-0.2, 0) is 22.6 Å². The summed E-state index contributed by atoms with van der Waals surface area (Å²) in [6.07, 6.45) is 8.41. The Bertz CT molecular complexity index is 427. The fourth-order valence-electron chi connectivity index (χ4n) is 3.25. The summed E-state index contributed by atoms with van der Waals surface area (Å²) in [5, 5.41) is 3.39. The summed E-state index contributed by atoms with van der Waals surface area (Å²) in [7, 11) is 0. The molecule has 0 aliphatic carbocycles. The van der Waals surface area contributed by atoms with Crippen LogP contribution in [0.15, 0.2) is 12.5 Å². The molecule has 1 aromatic rings. The summed E-state index contributed by atoms with van der Waals surface area (Å²) in [4.78, 5) is 4.21. The molecule has 5 heteroatoms. The summed E-state index contributed by atoms with van der Waals surface area (Å²) < 4.78 is 14.3. The molecule has 2 fully saturated rings. The number of hydrogen-bond acceptors (Lipinski definition) is 4. The van der Waals surface area contributed by atoms with E-state index in [2.05, 4.69) is 21.8 Å². The van der Waals surface area contributed by atoms with Gasteiger partial charge >= 0.3 is 0 Å². The molecule has 0 saturated carbocycles. The topological polar surface area (TPSA) is 48.3 Å². The third-order valence-corrected chi connectivity index (χ3v) is 4.42. The summed E-state index contributed by atoms with van der Waals surface area (Å²) >= 11 is 0. The summed E-state index contributed by atoms with van der Waals surface area (Å²) in [5.74, 6) is 0. The lowest BCUT2D eigenvalue weighted by Gasteiger charge is -2.32. The van der Waals surface area contributed by atoms with Gasteiger partial charge in [0, 0.05) is 13.0 Å². The van der Waals surface area contributed by atoms with Gasteiger partial charge in [0.25, 0.3) is 0 Å². The number of aromatic nitrogens is 2. The second-order valence-corrected chi connectivity index (χ2v) is 5.96. The van der Waals surface area contributed by atoms with Crippen LogP contribution in [0.5, 0.6) is 0 Å². The molecule has 0 bridgehead atoms. The Morgan fingerprint density at radius 3 is 3.15 bits per heavy atom. The van der Waals surface area contributed by atoms with E-state index in [1.54, 1.807) is 0 Å². The lowest BCUT2D eigenvalue weighted by Crippen LogP contribution is -2.41. The molecule has 2 aliphatic heterocycles. The monoisotopic (exact) mass is 279 g/mol. The average molecular weight is 279 g/mol. The standard InChI is InChI=1S/C15H25N3O2/c1-2-7-18-12-17-9-13(18)10-19-14-8-15(20-11-14)3-5-16-6-4-15/h9,12,14,16H,2-8,10-11H2,1H3. The molecule has 112 valence electrons. The van der Waals surface area contributed by atoms with Crippen molar-refractivity contribution in [2.75, 3.05) is 19.7 Å². The number of nitrogens with zero attached hydrogens (tertiary/aromatic N) is 2. The van der Waals surface area contributed by atoms with Gasteiger partial charge in [-0.1, -0.05) is 6.92 Å². The predicted octanol–water partition coefficient (Wildman–Crippen LogP) is 1.72. The Morgan fingerprint density at radius 2 is 2.35 bits per heavy atom. The molecule has 1 spiro atoms. The largest absolute Gasteiger partial charge is 0.372 e. The molecule has 0 aromatic carbocycles. The van der Waals surface area contributed by atoms with E-state index in [9.17, 15) is 0 Å². The second kappa shape index (κ2) is 6.24. The quantitative estimate of drug-likeness (QED) is 0.891. The minimum absolute atomic E-state index is 0.0829. The fraction of sp³-hybridized carbons (Fsp3) is 0.800. The van der Waals surface area contributed by atoms with Crippen molar-refractivity contribution in [1.29, 1.82) is 0 Å². The van der Waals surface area contributed by atoms with Crippen LogP contribution in [0, 0.1) is 0 Å². The maximum atomic E-state index is 6.06. The van der Waals surface area contributed by atoms with E-state index >= 15 is 0 Å². The van der Waals surface area contributed by atoms with Crippen LogP contribution >= 0.6 is 0 Å². The zero-order valence-corrected chi connectivity index (χ0v) is 12.3. The first-order valence-electron chi connectivity index (χ1n) is 7.77. The molecule has 1 unspecified atom stereocenters. The lowest BCUT2D eigenvalue weighted by atomic mass is 9.89. The van der Waals surface area contributed by atoms with Crippen molar-refractivity contribution >= 4 is 0 Å². The van der Waals surface area contributed by atoms with Crippen molar-refractivity contribution in [2.24, 2.45) is 0 Å². The number of hydrogen-bond donors (Lipinski definition) is 1. The van der Waals surface area contributed by atoms with E-state index < -0.39 is 0 Å². The molecule has 1 aromatic heterocycles. The van der Waals surface area contributed by atoms with E-state index in [1.807, 2.05) is 12.5 Å². The molecule has 1 N–H and O–H groups in total. The van der Waals surface area contributed by atoms with Crippen LogP contribution < -0.4 is 5.32 Å². The van der Waals surface area contributed by atoms with Crippen LogP contribution in [0.4, 0.5) is 0 Å². The van der Waals surface area contributed by atoms with Gasteiger partial charge in [-0.15, -0.1) is 0 Å². The summed E-state index contributed by atoms with van der Waals surface area (Å²) in [5.41, 5.74) is 1.25. The van der Waals surface area contributed by atoms with Gasteiger partial charge in [-0.05, 0) is 32.4 Å². The third-order valence-electron chi connectivity index (χ3n) is 4.42. The zero-order chi connectivity index (χ0) is 13.8. The molecule has 1 atom stereocenters. The van der Waals surface area contributed by atoms with Gasteiger partial charge in [0.2, 0.25) is 0 Å². The molecule has 0 amide bonds. The number of piperidine rings is 1. The minimum Gasteiger partial charge on any atom is -0.372 e. The van der Waals surface area contributed by atoms with Crippen LogP contribution in [0.25, 0.3) is 0 Å². The van der Waals surface area contributed by atoms with Crippen LogP contribution in [0.1, 0.15) is 38.3 Å². The first kappa shape index (κ1) is 14.0. The average Bonchev–Trinajstić information content (AvgIpc) is 3.06. The summed E-state index contributed by atoms with van der Waals surface area (Å²) in [6.45, 7) is 6.70. The van der Waals surface area contributed by atoms with Crippen molar-refractivity contribution in [2.45, 2.75) is 57.5 Å². The van der Waals surface area contributed by atoms with Crippen LogP contribution in [0.2, 0.25) is 0 Å². The maximum Gasteiger partial charge on any atom is 0.0948 e. The highest BCUT2D eigenvalue weighted by atomic mass is 16.6. The number of imidazole rings is 1. The maximum absolute atomic E-state index is 6.06. The van der Waals surface area contributed by atoms with E-state index in [0.717, 1.165) is 57.6 Å². The van der Waals surface area contributed by atoms with E-state index in [-0.39, 0.29) is 11.7 Å². The SMILES string of the molecule is CCCn1cncc1COC1COC2(CCNCC2)C1. The Kier molecular flexibility index (Phi) is 4.38. The Balaban J connectivity index is 1.51. The molecule has 3 rings (SSSR count). The molecule has 2 saturated heterocycles. The normalized spacial score (nSPS) is 25.4. The highest BCUT2D eigenvalue weighted by Gasteiger charge is 2.41. The minimum atomic E-state index is 0.0829. The first-order chi connectivity index (χ1) is 9.81. The number of nitrogens with one attached hydrogen (secondary N) is 1. The number of aryl methyl sites for hydroxylation is 1. The predicted molar refractivity (Wildman–Crippen MR) is 76.5 cm³/mol. The highest BCUT2D eigenvalue weighted by molar-refractivity contribution is 4.98. The smallest absolute Gasteiger partial charge is 0.0948 e. The first-order valence-corrected chi connectivity index (χ1v) is 7.77. The molecule has 3 heterocycles. The Morgan fingerprint density at radius 1 is 1.50 bits per heavy atom. The molecule has 5 nitrogen and oxygen atoms in total. The molecular formula is C15H25N3O2. The number of ether oxygens (including phenoxy) is 2. The summed E-state index contributed by atoms with van der Waals surface area (Å²) in [6, 6.07) is 0. The molecule has 2 aliphatic rings. The van der Waals surface area contributed by atoms with Gasteiger partial charge in [-0.3, -0.25) is 0 Å². The van der Waals surface area contributed by atoms with Gasteiger partial charge in [-0.2, -0.15) is 0 Å². The van der Waals surface area contributed by atoms with E-state index in [1.165, 1.54) is 0 Å². The van der Waals surface area contributed by atoms with Crippen molar-refractivity contribution < 1.29 is 9.47 Å². The van der Waals surface area contributed by atoms with Gasteiger partial charge in [0.05, 0.1) is 43.1 Å². The van der Waals surface area contributed by atoms with Crippen molar-refractivity contribution in [3.05, 3.63) is 18.2 Å². The van der Waals surface area contributed by atoms with Gasteiger partial charge in [0.1, 0.15) is 0 Å². The zero-order valence-electron chi connectivity index (χ0n) is 12.3. The molecular weight excluding hydrogens is 254 g/mol. The van der Waals surface area contributed by atoms with Gasteiger partial charge in [0.15, 0.2) is 0 Å². The second-order valence-electron chi connectivity index (χ2n) is 5.96. The highest BCUT2D eigenvalue weighted by Crippen LogP contribution is 2.35. The van der Waals surface area contributed by atoms with Crippen molar-refractivity contribution in [3.8, 4) is 0 Å². The third kappa shape index (κ3) is 3.05. The van der Waals surface area contributed by atoms with Crippen LogP contribution in [-0.4, -0.2) is 41.0 Å². The van der Waals surface area contributed by atoms with Crippen molar-refractivity contribution in [3.63, 3.8) is 0 Å². The molecule has 0 radical (unpaired) electrons. The van der Waals surface area contributed by atoms with E-state index in [4.69, 9.17) is 9.47 Å². The number of rotatable bonds is 5. The van der Waals surface area contributed by atoms with Gasteiger partial charge < -0.3 is 19.4 Å². The fourth-order valence-corrected chi connectivity index (χ4v) is 3.25. The van der Waals surface area contributed by atoms with Crippen LogP contribution in [0.3, 0.4) is 0 Å². The van der Waals surface area contributed by atoms with Crippen molar-refractivity contribution in [1.82, 2.24) is 14.9 Å². The van der Waals surface area contributed by atoms with E-state index in [0.29, 0.717) is 6.61 Å². The molecule has 20 heavy (non-hydrogen) atoms. The lowest BCUT2D eigenvalue weighted by molar-refractivity contribution is -0.0243. The van der Waals surface area contributed by atoms with Gasteiger partial charge in [-0.25, -0.2) is 4.98 Å². The Labute approximate surface area is 120 Å².